The number of aromatic nitrogens is 2. The molecule has 27 heavy (non-hydrogen) atoms. The molecule has 2 aromatic rings. The van der Waals surface area contributed by atoms with E-state index in [-0.39, 0.29) is 5.91 Å². The molecule has 1 aliphatic heterocycles. The number of aryl methyl sites for hydroxylation is 4. The van der Waals surface area contributed by atoms with Crippen LogP contribution in [0.2, 0.25) is 0 Å². The van der Waals surface area contributed by atoms with Gasteiger partial charge in [0.15, 0.2) is 0 Å². The number of amides is 1. The van der Waals surface area contributed by atoms with Gasteiger partial charge in [-0.3, -0.25) is 9.48 Å². The van der Waals surface area contributed by atoms with Gasteiger partial charge in [0.1, 0.15) is 0 Å². The fourth-order valence-electron chi connectivity index (χ4n) is 3.40. The van der Waals surface area contributed by atoms with E-state index in [1.807, 2.05) is 40.8 Å². The summed E-state index contributed by atoms with van der Waals surface area (Å²) in [7, 11) is -1.74. The molecular formula is C19H26N4O3S. The Balaban J connectivity index is 1.74. The molecule has 1 fully saturated rings. The van der Waals surface area contributed by atoms with Gasteiger partial charge in [0.2, 0.25) is 10.0 Å². The second kappa shape index (κ2) is 7.09. The summed E-state index contributed by atoms with van der Waals surface area (Å²) in [5.74, 6) is -0.0821. The van der Waals surface area contributed by atoms with E-state index in [9.17, 15) is 13.2 Å². The fourth-order valence-corrected chi connectivity index (χ4v) is 4.90. The highest BCUT2D eigenvalue weighted by atomic mass is 32.2. The summed E-state index contributed by atoms with van der Waals surface area (Å²) in [4.78, 5) is 14.9. The van der Waals surface area contributed by atoms with Gasteiger partial charge in [-0.15, -0.1) is 0 Å². The van der Waals surface area contributed by atoms with Crippen LogP contribution in [0.5, 0.6) is 0 Å². The average Bonchev–Trinajstić information content (AvgIpc) is 2.89. The number of piperazine rings is 1. The SMILES string of the molecule is Cc1ccc(S(=O)(=O)N2CCN(C(=O)c3c(C)nn(C)c3C)CC2)cc1C. The van der Waals surface area contributed by atoms with Crippen LogP contribution in [-0.4, -0.2) is 59.5 Å². The van der Waals surface area contributed by atoms with Gasteiger partial charge in [-0.05, 0) is 51.0 Å². The first kappa shape index (κ1) is 19.6. The lowest BCUT2D eigenvalue weighted by Crippen LogP contribution is -2.50. The zero-order valence-electron chi connectivity index (χ0n) is 16.5. The van der Waals surface area contributed by atoms with Crippen LogP contribution in [0.15, 0.2) is 23.1 Å². The van der Waals surface area contributed by atoms with Crippen LogP contribution < -0.4 is 0 Å². The number of rotatable bonds is 3. The zero-order valence-corrected chi connectivity index (χ0v) is 17.3. The second-order valence-electron chi connectivity index (χ2n) is 7.11. The molecule has 1 aliphatic rings. The van der Waals surface area contributed by atoms with Gasteiger partial charge in [0.25, 0.3) is 5.91 Å². The highest BCUT2D eigenvalue weighted by Crippen LogP contribution is 2.22. The van der Waals surface area contributed by atoms with Crippen molar-refractivity contribution >= 4 is 15.9 Å². The van der Waals surface area contributed by atoms with E-state index >= 15 is 0 Å². The number of carbonyl (C=O) groups excluding carboxylic acids is 1. The Labute approximate surface area is 160 Å². The van der Waals surface area contributed by atoms with Crippen molar-refractivity contribution in [1.82, 2.24) is 19.0 Å². The summed E-state index contributed by atoms with van der Waals surface area (Å²) < 4.78 is 29.0. The lowest BCUT2D eigenvalue weighted by Gasteiger charge is -2.34. The Kier molecular flexibility index (Phi) is 5.14. The van der Waals surface area contributed by atoms with Crippen molar-refractivity contribution in [2.45, 2.75) is 32.6 Å². The van der Waals surface area contributed by atoms with Gasteiger partial charge in [-0.25, -0.2) is 8.42 Å². The van der Waals surface area contributed by atoms with Crippen LogP contribution in [0.25, 0.3) is 0 Å². The molecule has 0 unspecified atom stereocenters. The minimum Gasteiger partial charge on any atom is -0.336 e. The highest BCUT2D eigenvalue weighted by Gasteiger charge is 2.32. The van der Waals surface area contributed by atoms with Crippen molar-refractivity contribution < 1.29 is 13.2 Å². The maximum atomic E-state index is 12.9. The van der Waals surface area contributed by atoms with E-state index < -0.39 is 10.0 Å². The Morgan fingerprint density at radius 1 is 1.00 bits per heavy atom. The third kappa shape index (κ3) is 3.51. The molecule has 1 amide bonds. The topological polar surface area (TPSA) is 75.5 Å². The average molecular weight is 391 g/mol. The molecule has 2 heterocycles. The molecule has 0 aliphatic carbocycles. The number of sulfonamides is 1. The Hall–Kier alpha value is -2.19. The van der Waals surface area contributed by atoms with Crippen LogP contribution >= 0.6 is 0 Å². The summed E-state index contributed by atoms with van der Waals surface area (Å²) in [5.41, 5.74) is 4.15. The Morgan fingerprint density at radius 2 is 1.63 bits per heavy atom. The largest absolute Gasteiger partial charge is 0.336 e. The molecular weight excluding hydrogens is 364 g/mol. The van der Waals surface area contributed by atoms with E-state index in [1.165, 1.54) is 4.31 Å². The maximum absolute atomic E-state index is 12.9. The van der Waals surface area contributed by atoms with Crippen LogP contribution in [0.3, 0.4) is 0 Å². The molecule has 0 atom stereocenters. The van der Waals surface area contributed by atoms with Crippen molar-refractivity contribution in [2.24, 2.45) is 7.05 Å². The standard InChI is InChI=1S/C19H26N4O3S/c1-13-6-7-17(12-14(13)2)27(25,26)23-10-8-22(9-11-23)19(24)18-15(3)20-21(5)16(18)4/h6-7,12H,8-11H2,1-5H3. The molecule has 8 heteroatoms. The first-order chi connectivity index (χ1) is 12.6. The Morgan fingerprint density at radius 3 is 2.15 bits per heavy atom. The predicted octanol–water partition coefficient (Wildman–Crippen LogP) is 1.80. The Bertz CT molecular complexity index is 987. The van der Waals surface area contributed by atoms with Crippen LogP contribution in [-0.2, 0) is 17.1 Å². The first-order valence-electron chi connectivity index (χ1n) is 9.00. The first-order valence-corrected chi connectivity index (χ1v) is 10.4. The van der Waals surface area contributed by atoms with Crippen molar-refractivity contribution in [3.8, 4) is 0 Å². The van der Waals surface area contributed by atoms with Crippen molar-refractivity contribution in [2.75, 3.05) is 26.2 Å². The van der Waals surface area contributed by atoms with Gasteiger partial charge in [0.05, 0.1) is 16.2 Å². The van der Waals surface area contributed by atoms with Gasteiger partial charge >= 0.3 is 0 Å². The molecule has 0 spiro atoms. The zero-order chi connectivity index (χ0) is 19.9. The lowest BCUT2D eigenvalue weighted by atomic mass is 10.1. The molecule has 7 nitrogen and oxygen atoms in total. The van der Waals surface area contributed by atoms with Crippen molar-refractivity contribution in [3.05, 3.63) is 46.3 Å². The molecule has 0 saturated carbocycles. The van der Waals surface area contributed by atoms with Crippen molar-refractivity contribution in [3.63, 3.8) is 0 Å². The molecule has 0 bridgehead atoms. The quantitative estimate of drug-likeness (QED) is 0.801. The van der Waals surface area contributed by atoms with Crippen molar-refractivity contribution in [1.29, 1.82) is 0 Å². The monoisotopic (exact) mass is 390 g/mol. The summed E-state index contributed by atoms with van der Waals surface area (Å²) in [6.07, 6.45) is 0. The highest BCUT2D eigenvalue weighted by molar-refractivity contribution is 7.89. The van der Waals surface area contributed by atoms with E-state index in [4.69, 9.17) is 0 Å². The molecule has 0 radical (unpaired) electrons. The van der Waals surface area contributed by atoms with Crippen LogP contribution in [0, 0.1) is 27.7 Å². The third-order valence-corrected chi connectivity index (χ3v) is 7.26. The van der Waals surface area contributed by atoms with Crippen LogP contribution in [0.1, 0.15) is 32.9 Å². The van der Waals surface area contributed by atoms with E-state index in [1.54, 1.807) is 21.7 Å². The van der Waals surface area contributed by atoms with Gasteiger partial charge in [-0.1, -0.05) is 6.07 Å². The predicted molar refractivity (Wildman–Crippen MR) is 103 cm³/mol. The van der Waals surface area contributed by atoms with E-state index in [2.05, 4.69) is 5.10 Å². The number of hydrogen-bond acceptors (Lipinski definition) is 4. The van der Waals surface area contributed by atoms with Gasteiger partial charge in [0, 0.05) is 38.9 Å². The summed E-state index contributed by atoms with van der Waals surface area (Å²) in [6, 6.07) is 5.19. The van der Waals surface area contributed by atoms with E-state index in [0.29, 0.717) is 42.3 Å². The minimum atomic E-state index is -3.55. The fraction of sp³-hybridized carbons (Fsp3) is 0.474. The summed E-state index contributed by atoms with van der Waals surface area (Å²) in [6.45, 7) is 8.88. The summed E-state index contributed by atoms with van der Waals surface area (Å²) in [5, 5.41) is 4.30. The van der Waals surface area contributed by atoms with E-state index in [0.717, 1.165) is 16.8 Å². The van der Waals surface area contributed by atoms with Gasteiger partial charge < -0.3 is 4.90 Å². The van der Waals surface area contributed by atoms with Crippen LogP contribution in [0.4, 0.5) is 0 Å². The second-order valence-corrected chi connectivity index (χ2v) is 9.05. The normalized spacial score (nSPS) is 16.0. The minimum absolute atomic E-state index is 0.0821. The molecule has 1 aromatic carbocycles. The number of benzene rings is 1. The molecule has 146 valence electrons. The maximum Gasteiger partial charge on any atom is 0.257 e. The molecule has 3 rings (SSSR count). The summed E-state index contributed by atoms with van der Waals surface area (Å²) >= 11 is 0. The smallest absolute Gasteiger partial charge is 0.257 e. The lowest BCUT2D eigenvalue weighted by molar-refractivity contribution is 0.0696. The van der Waals surface area contributed by atoms with Gasteiger partial charge in [-0.2, -0.15) is 9.40 Å². The molecule has 1 saturated heterocycles. The third-order valence-electron chi connectivity index (χ3n) is 5.36. The molecule has 0 N–H and O–H groups in total. The number of hydrogen-bond donors (Lipinski definition) is 0. The number of nitrogens with zero attached hydrogens (tertiary/aromatic N) is 4. The molecule has 1 aromatic heterocycles. The number of carbonyl (C=O) groups is 1.